The van der Waals surface area contributed by atoms with E-state index in [1.807, 2.05) is 0 Å². The smallest absolute Gasteiger partial charge is 0.0441 e. The second-order valence-electron chi connectivity index (χ2n) is 6.77. The summed E-state index contributed by atoms with van der Waals surface area (Å²) in [6.45, 7) is 0. The van der Waals surface area contributed by atoms with Crippen LogP contribution in [0.3, 0.4) is 0 Å². The van der Waals surface area contributed by atoms with Crippen molar-refractivity contribution in [1.82, 2.24) is 4.90 Å². The molecule has 0 aromatic rings. The number of likely N-dealkylation sites (N-methyl/N-ethyl adjacent to an activating group) is 1. The minimum Gasteiger partial charge on any atom is -0.323 e. The lowest BCUT2D eigenvalue weighted by Crippen LogP contribution is -2.59. The van der Waals surface area contributed by atoms with Crippen molar-refractivity contribution in [2.75, 3.05) is 14.1 Å². The Kier molecular flexibility index (Phi) is 5.47. The van der Waals surface area contributed by atoms with E-state index in [1.165, 1.54) is 70.6 Å². The maximum absolute atomic E-state index is 6.77. The lowest BCUT2D eigenvalue weighted by atomic mass is 9.72. The molecule has 0 bridgehead atoms. The Hall–Kier alpha value is -0.340. The molecule has 2 aliphatic carbocycles. The maximum atomic E-state index is 6.77. The fraction of sp³-hybridized carbons (Fsp3) is 0.882. The van der Waals surface area contributed by atoms with Crippen LogP contribution in [0.2, 0.25) is 0 Å². The predicted octanol–water partition coefficient (Wildman–Crippen LogP) is 3.86. The van der Waals surface area contributed by atoms with E-state index in [0.717, 1.165) is 0 Å². The summed E-state index contributed by atoms with van der Waals surface area (Å²) in [5, 5.41) is 0. The number of hydrogen-bond donors (Lipinski definition) is 1. The number of rotatable bonds is 3. The Morgan fingerprint density at radius 1 is 1.00 bits per heavy atom. The van der Waals surface area contributed by atoms with Crippen LogP contribution >= 0.6 is 0 Å². The Labute approximate surface area is 119 Å². The van der Waals surface area contributed by atoms with Crippen LogP contribution in [0.5, 0.6) is 0 Å². The molecule has 1 saturated carbocycles. The SMILES string of the molecule is CN(C)C1(C(N)C2=CCCCCCC2)CCCCC1. The highest BCUT2D eigenvalue weighted by atomic mass is 15.2. The van der Waals surface area contributed by atoms with Crippen LogP contribution in [0.25, 0.3) is 0 Å². The van der Waals surface area contributed by atoms with E-state index in [4.69, 9.17) is 5.73 Å². The van der Waals surface area contributed by atoms with Crippen molar-refractivity contribution in [2.45, 2.75) is 82.2 Å². The van der Waals surface area contributed by atoms with E-state index in [9.17, 15) is 0 Å². The van der Waals surface area contributed by atoms with Gasteiger partial charge < -0.3 is 10.6 Å². The molecule has 0 heterocycles. The van der Waals surface area contributed by atoms with Crippen molar-refractivity contribution < 1.29 is 0 Å². The van der Waals surface area contributed by atoms with Crippen molar-refractivity contribution in [3.63, 3.8) is 0 Å². The molecule has 0 spiro atoms. The fourth-order valence-electron chi connectivity index (χ4n) is 4.04. The summed E-state index contributed by atoms with van der Waals surface area (Å²) in [4.78, 5) is 2.43. The van der Waals surface area contributed by atoms with Gasteiger partial charge >= 0.3 is 0 Å². The van der Waals surface area contributed by atoms with Crippen LogP contribution in [0.4, 0.5) is 0 Å². The molecule has 1 atom stereocenters. The van der Waals surface area contributed by atoms with Crippen LogP contribution in [-0.4, -0.2) is 30.6 Å². The molecule has 1 fully saturated rings. The highest BCUT2D eigenvalue weighted by molar-refractivity contribution is 5.19. The van der Waals surface area contributed by atoms with Crippen LogP contribution in [-0.2, 0) is 0 Å². The van der Waals surface area contributed by atoms with Crippen molar-refractivity contribution in [3.05, 3.63) is 11.6 Å². The van der Waals surface area contributed by atoms with Gasteiger partial charge in [-0.05, 0) is 52.6 Å². The first-order chi connectivity index (χ1) is 9.17. The number of hydrogen-bond acceptors (Lipinski definition) is 2. The molecule has 2 heteroatoms. The fourth-order valence-corrected chi connectivity index (χ4v) is 4.04. The van der Waals surface area contributed by atoms with E-state index < -0.39 is 0 Å². The quantitative estimate of drug-likeness (QED) is 0.784. The summed E-state index contributed by atoms with van der Waals surface area (Å²) in [6, 6.07) is 0.251. The minimum absolute atomic E-state index is 0.225. The summed E-state index contributed by atoms with van der Waals surface area (Å²) >= 11 is 0. The van der Waals surface area contributed by atoms with Crippen molar-refractivity contribution in [3.8, 4) is 0 Å². The van der Waals surface area contributed by atoms with Gasteiger partial charge in [0, 0.05) is 11.6 Å². The molecular weight excluding hydrogens is 232 g/mol. The predicted molar refractivity (Wildman–Crippen MR) is 83.3 cm³/mol. The Bertz CT molecular complexity index is 300. The number of allylic oxidation sites excluding steroid dienone is 1. The number of nitrogens with two attached hydrogens (primary N) is 1. The molecule has 2 rings (SSSR count). The molecule has 0 aliphatic heterocycles. The van der Waals surface area contributed by atoms with Gasteiger partial charge in [-0.3, -0.25) is 0 Å². The molecule has 0 aromatic heterocycles. The molecule has 2 aliphatic rings. The summed E-state index contributed by atoms with van der Waals surface area (Å²) in [5.74, 6) is 0. The van der Waals surface area contributed by atoms with Gasteiger partial charge in [0.2, 0.25) is 0 Å². The molecule has 2 N–H and O–H groups in total. The van der Waals surface area contributed by atoms with E-state index in [-0.39, 0.29) is 11.6 Å². The lowest BCUT2D eigenvalue weighted by molar-refractivity contribution is 0.0816. The summed E-state index contributed by atoms with van der Waals surface area (Å²) in [5.41, 5.74) is 8.55. The first kappa shape index (κ1) is 15.1. The molecule has 1 unspecified atom stereocenters. The average molecular weight is 264 g/mol. The third-order valence-electron chi connectivity index (χ3n) is 5.41. The van der Waals surface area contributed by atoms with Gasteiger partial charge in [-0.2, -0.15) is 0 Å². The molecular formula is C17H32N2. The first-order valence-electron chi connectivity index (χ1n) is 8.29. The Morgan fingerprint density at radius 2 is 1.63 bits per heavy atom. The molecule has 19 heavy (non-hydrogen) atoms. The second kappa shape index (κ2) is 6.90. The second-order valence-corrected chi connectivity index (χ2v) is 6.77. The zero-order valence-electron chi connectivity index (χ0n) is 13.0. The van der Waals surface area contributed by atoms with Gasteiger partial charge in [-0.25, -0.2) is 0 Å². The third kappa shape index (κ3) is 3.41. The van der Waals surface area contributed by atoms with Gasteiger partial charge in [0.15, 0.2) is 0 Å². The highest BCUT2D eigenvalue weighted by Gasteiger charge is 2.41. The largest absolute Gasteiger partial charge is 0.323 e. The lowest BCUT2D eigenvalue weighted by Gasteiger charge is -2.48. The van der Waals surface area contributed by atoms with Gasteiger partial charge in [0.05, 0.1) is 0 Å². The Balaban J connectivity index is 2.15. The molecule has 0 amide bonds. The molecule has 0 aromatic carbocycles. The molecule has 0 saturated heterocycles. The average Bonchev–Trinajstić information content (AvgIpc) is 2.38. The van der Waals surface area contributed by atoms with Gasteiger partial charge in [-0.15, -0.1) is 0 Å². The van der Waals surface area contributed by atoms with Gasteiger partial charge in [0.1, 0.15) is 0 Å². The monoisotopic (exact) mass is 264 g/mol. The van der Waals surface area contributed by atoms with Crippen LogP contribution in [0.1, 0.15) is 70.6 Å². The summed E-state index contributed by atoms with van der Waals surface area (Å²) in [6.07, 6.45) is 17.1. The van der Waals surface area contributed by atoms with Crippen LogP contribution in [0.15, 0.2) is 11.6 Å². The van der Waals surface area contributed by atoms with Crippen molar-refractivity contribution in [2.24, 2.45) is 5.73 Å². The summed E-state index contributed by atoms with van der Waals surface area (Å²) in [7, 11) is 4.46. The zero-order chi connectivity index (χ0) is 13.7. The van der Waals surface area contributed by atoms with E-state index in [1.54, 1.807) is 5.57 Å². The van der Waals surface area contributed by atoms with Gasteiger partial charge in [0.25, 0.3) is 0 Å². The Morgan fingerprint density at radius 3 is 2.32 bits per heavy atom. The molecule has 2 nitrogen and oxygen atoms in total. The van der Waals surface area contributed by atoms with Gasteiger partial charge in [-0.1, -0.05) is 43.8 Å². The summed E-state index contributed by atoms with van der Waals surface area (Å²) < 4.78 is 0. The van der Waals surface area contributed by atoms with E-state index >= 15 is 0 Å². The number of nitrogens with zero attached hydrogens (tertiary/aromatic N) is 1. The highest BCUT2D eigenvalue weighted by Crippen LogP contribution is 2.38. The molecule has 110 valence electrons. The topological polar surface area (TPSA) is 29.3 Å². The van der Waals surface area contributed by atoms with Crippen molar-refractivity contribution in [1.29, 1.82) is 0 Å². The van der Waals surface area contributed by atoms with Crippen molar-refractivity contribution >= 4 is 0 Å². The first-order valence-corrected chi connectivity index (χ1v) is 8.29. The minimum atomic E-state index is 0.225. The standard InChI is InChI=1S/C17H32N2/c1-19(2)17(13-9-6-10-14-17)16(18)15-11-7-4-3-5-8-12-15/h11,16H,3-10,12-14,18H2,1-2H3. The molecule has 0 radical (unpaired) electrons. The van der Waals surface area contributed by atoms with Crippen LogP contribution < -0.4 is 5.73 Å². The normalized spacial score (nSPS) is 26.4. The zero-order valence-corrected chi connectivity index (χ0v) is 13.0. The maximum Gasteiger partial charge on any atom is 0.0441 e. The third-order valence-corrected chi connectivity index (χ3v) is 5.41. The van der Waals surface area contributed by atoms with Crippen LogP contribution in [0, 0.1) is 0 Å². The van der Waals surface area contributed by atoms with E-state index in [0.29, 0.717) is 0 Å². The van der Waals surface area contributed by atoms with E-state index in [2.05, 4.69) is 25.1 Å².